The average Bonchev–Trinajstić information content (AvgIpc) is 3.21. The molecule has 5 nitrogen and oxygen atoms in total. The van der Waals surface area contributed by atoms with E-state index < -0.39 is 0 Å². The highest BCUT2D eigenvalue weighted by molar-refractivity contribution is 5.91. The van der Waals surface area contributed by atoms with Gasteiger partial charge in [0.25, 0.3) is 0 Å². The highest BCUT2D eigenvalue weighted by Gasteiger charge is 2.22. The first-order chi connectivity index (χ1) is 12.8. The van der Waals surface area contributed by atoms with Gasteiger partial charge in [0.2, 0.25) is 5.91 Å². The van der Waals surface area contributed by atoms with Crippen LogP contribution in [0.3, 0.4) is 0 Å². The number of rotatable bonds is 7. The van der Waals surface area contributed by atoms with E-state index >= 15 is 0 Å². The first kappa shape index (κ1) is 18.3. The van der Waals surface area contributed by atoms with Crippen LogP contribution in [-0.2, 0) is 4.79 Å². The molecule has 0 radical (unpaired) electrons. The predicted octanol–water partition coefficient (Wildman–Crippen LogP) is 3.64. The number of amides is 1. The second-order valence-electron chi connectivity index (χ2n) is 6.48. The number of nitrogens with zero attached hydrogens (tertiary/aromatic N) is 1. The molecule has 1 fully saturated rings. The number of hydrogen-bond acceptors (Lipinski definition) is 4. The summed E-state index contributed by atoms with van der Waals surface area (Å²) in [5.74, 6) is 1.40. The molecule has 0 saturated carbocycles. The number of piperidine rings is 1. The number of carbonyl (C=O) groups is 1. The zero-order valence-electron chi connectivity index (χ0n) is 15.2. The fourth-order valence-electron chi connectivity index (χ4n) is 3.31. The topological polar surface area (TPSA) is 54.7 Å². The predicted molar refractivity (Wildman–Crippen MR) is 102 cm³/mol. The van der Waals surface area contributed by atoms with Gasteiger partial charge in [-0.1, -0.05) is 18.6 Å². The molecule has 138 valence electrons. The van der Waals surface area contributed by atoms with Crippen molar-refractivity contribution in [1.82, 2.24) is 10.2 Å². The molecule has 0 bridgehead atoms. The molecule has 3 rings (SSSR count). The molecule has 5 heteroatoms. The molecule has 1 aliphatic heterocycles. The number of furan rings is 1. The fraction of sp³-hybridized carbons (Fsp3) is 0.381. The van der Waals surface area contributed by atoms with E-state index in [1.54, 1.807) is 25.5 Å². The molecule has 2 heterocycles. The van der Waals surface area contributed by atoms with E-state index in [0.29, 0.717) is 12.3 Å². The molecule has 1 amide bonds. The molecule has 1 aromatic carbocycles. The molecule has 2 aromatic rings. The maximum atomic E-state index is 12.2. The fourth-order valence-corrected chi connectivity index (χ4v) is 3.31. The van der Waals surface area contributed by atoms with E-state index in [2.05, 4.69) is 22.3 Å². The molecule has 1 saturated heterocycles. The molecule has 1 N–H and O–H groups in total. The number of benzene rings is 1. The number of hydrogen-bond donors (Lipinski definition) is 1. The highest BCUT2D eigenvalue weighted by Crippen LogP contribution is 2.25. The first-order valence-corrected chi connectivity index (χ1v) is 9.13. The van der Waals surface area contributed by atoms with Crippen molar-refractivity contribution in [2.75, 3.05) is 26.7 Å². The van der Waals surface area contributed by atoms with Gasteiger partial charge in [-0.3, -0.25) is 9.69 Å². The third-order valence-corrected chi connectivity index (χ3v) is 4.74. The van der Waals surface area contributed by atoms with Gasteiger partial charge in [0, 0.05) is 12.6 Å². The van der Waals surface area contributed by atoms with Crippen molar-refractivity contribution in [2.24, 2.45) is 0 Å². The maximum absolute atomic E-state index is 12.2. The summed E-state index contributed by atoms with van der Waals surface area (Å²) in [6, 6.07) is 11.9. The highest BCUT2D eigenvalue weighted by atomic mass is 16.5. The van der Waals surface area contributed by atoms with Crippen LogP contribution in [0.5, 0.6) is 5.75 Å². The van der Waals surface area contributed by atoms with Crippen molar-refractivity contribution in [3.8, 4) is 5.75 Å². The molecular weight excluding hydrogens is 328 g/mol. The Morgan fingerprint density at radius 2 is 2.00 bits per heavy atom. The van der Waals surface area contributed by atoms with Crippen LogP contribution in [0.2, 0.25) is 0 Å². The minimum Gasteiger partial charge on any atom is -0.497 e. The van der Waals surface area contributed by atoms with Crippen LogP contribution >= 0.6 is 0 Å². The third kappa shape index (κ3) is 4.99. The molecule has 1 aromatic heterocycles. The second kappa shape index (κ2) is 9.25. The van der Waals surface area contributed by atoms with Crippen molar-refractivity contribution in [3.05, 3.63) is 60.1 Å². The van der Waals surface area contributed by atoms with Crippen LogP contribution in [0.4, 0.5) is 0 Å². The van der Waals surface area contributed by atoms with Gasteiger partial charge in [-0.15, -0.1) is 0 Å². The third-order valence-electron chi connectivity index (χ3n) is 4.74. The molecule has 0 spiro atoms. The Labute approximate surface area is 154 Å². The molecule has 0 aliphatic carbocycles. The standard InChI is InChI=1S/C21H26N2O3/c1-25-18-9-7-17(8-10-18)20(23-13-3-2-4-14-23)16-22-21(24)12-11-19-6-5-15-26-19/h5-12,15,20H,2-4,13-14,16H2,1H3,(H,22,24)/b12-11+. The number of likely N-dealkylation sites (tertiary alicyclic amines) is 1. The van der Waals surface area contributed by atoms with Crippen molar-refractivity contribution in [3.63, 3.8) is 0 Å². The lowest BCUT2D eigenvalue weighted by Crippen LogP contribution is -2.40. The van der Waals surface area contributed by atoms with E-state index in [1.807, 2.05) is 18.2 Å². The van der Waals surface area contributed by atoms with Crippen LogP contribution in [0.25, 0.3) is 6.08 Å². The number of nitrogens with one attached hydrogen (secondary N) is 1. The van der Waals surface area contributed by atoms with E-state index in [9.17, 15) is 4.79 Å². The van der Waals surface area contributed by atoms with Crippen LogP contribution in [0, 0.1) is 0 Å². The van der Waals surface area contributed by atoms with Gasteiger partial charge < -0.3 is 14.5 Å². The summed E-state index contributed by atoms with van der Waals surface area (Å²) in [7, 11) is 1.67. The monoisotopic (exact) mass is 354 g/mol. The van der Waals surface area contributed by atoms with Gasteiger partial charge in [0.1, 0.15) is 11.5 Å². The Hall–Kier alpha value is -2.53. The summed E-state index contributed by atoms with van der Waals surface area (Å²) in [6.07, 6.45) is 8.48. The number of carbonyl (C=O) groups excluding carboxylic acids is 1. The Bertz CT molecular complexity index is 701. The SMILES string of the molecule is COc1ccc(C(CNC(=O)/C=C/c2ccco2)N2CCCCC2)cc1. The molecular formula is C21H26N2O3. The van der Waals surface area contributed by atoms with Crippen LogP contribution in [-0.4, -0.2) is 37.6 Å². The largest absolute Gasteiger partial charge is 0.497 e. The Morgan fingerprint density at radius 3 is 2.65 bits per heavy atom. The maximum Gasteiger partial charge on any atom is 0.244 e. The quantitative estimate of drug-likeness (QED) is 0.771. The minimum absolute atomic E-state index is 0.114. The minimum atomic E-state index is -0.114. The lowest BCUT2D eigenvalue weighted by Gasteiger charge is -2.35. The smallest absolute Gasteiger partial charge is 0.244 e. The van der Waals surface area contributed by atoms with Crippen molar-refractivity contribution in [1.29, 1.82) is 0 Å². The number of ether oxygens (including phenoxy) is 1. The molecule has 1 aliphatic rings. The second-order valence-corrected chi connectivity index (χ2v) is 6.48. The average molecular weight is 354 g/mol. The van der Waals surface area contributed by atoms with E-state index in [0.717, 1.165) is 18.8 Å². The van der Waals surface area contributed by atoms with Crippen LogP contribution in [0.15, 0.2) is 53.2 Å². The molecule has 1 atom stereocenters. The van der Waals surface area contributed by atoms with Crippen molar-refractivity contribution in [2.45, 2.75) is 25.3 Å². The van der Waals surface area contributed by atoms with E-state index in [4.69, 9.17) is 9.15 Å². The van der Waals surface area contributed by atoms with Gasteiger partial charge in [-0.2, -0.15) is 0 Å². The molecule has 26 heavy (non-hydrogen) atoms. The summed E-state index contributed by atoms with van der Waals surface area (Å²) < 4.78 is 10.5. The summed E-state index contributed by atoms with van der Waals surface area (Å²) in [5, 5.41) is 3.03. The zero-order valence-corrected chi connectivity index (χ0v) is 15.2. The van der Waals surface area contributed by atoms with Crippen LogP contribution < -0.4 is 10.1 Å². The van der Waals surface area contributed by atoms with E-state index in [1.165, 1.54) is 30.9 Å². The summed E-state index contributed by atoms with van der Waals surface area (Å²) >= 11 is 0. The van der Waals surface area contributed by atoms with Gasteiger partial charge in [-0.25, -0.2) is 0 Å². The van der Waals surface area contributed by atoms with Gasteiger partial charge in [0.15, 0.2) is 0 Å². The van der Waals surface area contributed by atoms with Gasteiger partial charge >= 0.3 is 0 Å². The summed E-state index contributed by atoms with van der Waals surface area (Å²) in [4.78, 5) is 14.6. The van der Waals surface area contributed by atoms with Crippen LogP contribution in [0.1, 0.15) is 36.6 Å². The normalized spacial score (nSPS) is 16.5. The Kier molecular flexibility index (Phi) is 6.50. The summed E-state index contributed by atoms with van der Waals surface area (Å²) in [5.41, 5.74) is 1.20. The van der Waals surface area contributed by atoms with E-state index in [-0.39, 0.29) is 11.9 Å². The first-order valence-electron chi connectivity index (χ1n) is 9.13. The summed E-state index contributed by atoms with van der Waals surface area (Å²) in [6.45, 7) is 2.71. The zero-order chi connectivity index (χ0) is 18.2. The van der Waals surface area contributed by atoms with Gasteiger partial charge in [0.05, 0.1) is 19.4 Å². The lowest BCUT2D eigenvalue weighted by molar-refractivity contribution is -0.116. The van der Waals surface area contributed by atoms with Crippen molar-refractivity contribution >= 4 is 12.0 Å². The van der Waals surface area contributed by atoms with Gasteiger partial charge in [-0.05, 0) is 61.8 Å². The lowest BCUT2D eigenvalue weighted by atomic mass is 10.0. The Morgan fingerprint density at radius 1 is 1.23 bits per heavy atom. The number of methoxy groups -OCH3 is 1. The molecule has 1 unspecified atom stereocenters. The van der Waals surface area contributed by atoms with Crippen molar-refractivity contribution < 1.29 is 13.9 Å². The Balaban J connectivity index is 1.65.